The van der Waals surface area contributed by atoms with Gasteiger partial charge in [0.05, 0.1) is 21.0 Å². The van der Waals surface area contributed by atoms with Crippen LogP contribution in [0, 0.1) is 0 Å². The average Bonchev–Trinajstić information content (AvgIpc) is 2.64. The molecule has 16 heteroatoms. The van der Waals surface area contributed by atoms with Gasteiger partial charge in [-0.1, -0.05) is 39.0 Å². The van der Waals surface area contributed by atoms with Crippen LogP contribution in [0.5, 0.6) is 0 Å². The highest BCUT2D eigenvalue weighted by Gasteiger charge is 2.27. The number of hydrogen-bond acceptors (Lipinski definition) is 8. The van der Waals surface area contributed by atoms with E-state index in [1.807, 2.05) is 0 Å². The SMILES string of the molecule is CCC(CCCCCC(CCCC(CCCC(C)S(=O)(=O)O)S(=O)(=O)O)S(=O)(=O)O)S(=O)(=O)O. The summed E-state index contributed by atoms with van der Waals surface area (Å²) in [5, 5.41) is -4.38. The third-order valence-electron chi connectivity index (χ3n) is 5.97. The Kier molecular flexibility index (Phi) is 14.2. The van der Waals surface area contributed by atoms with Gasteiger partial charge >= 0.3 is 0 Å². The van der Waals surface area contributed by atoms with Crippen molar-refractivity contribution in [1.29, 1.82) is 0 Å². The van der Waals surface area contributed by atoms with Crippen molar-refractivity contribution in [2.24, 2.45) is 0 Å². The highest BCUT2D eigenvalue weighted by Crippen LogP contribution is 2.23. The quantitative estimate of drug-likeness (QED) is 0.129. The van der Waals surface area contributed by atoms with Crippen LogP contribution in [0.4, 0.5) is 0 Å². The summed E-state index contributed by atoms with van der Waals surface area (Å²) in [5.41, 5.74) is 0. The first-order valence-corrected chi connectivity index (χ1v) is 17.2. The molecule has 12 nitrogen and oxygen atoms in total. The van der Waals surface area contributed by atoms with Crippen molar-refractivity contribution in [2.45, 2.75) is 112 Å². The molecule has 0 aliphatic heterocycles. The molecule has 0 amide bonds. The monoisotopic (exact) mass is 574 g/mol. The molecule has 0 radical (unpaired) electrons. The van der Waals surface area contributed by atoms with Crippen LogP contribution in [-0.2, 0) is 40.5 Å². The molecule has 0 aliphatic rings. The van der Waals surface area contributed by atoms with E-state index in [2.05, 4.69) is 0 Å². The van der Waals surface area contributed by atoms with Crippen LogP contribution in [-0.4, -0.2) is 72.9 Å². The first-order chi connectivity index (χ1) is 15.3. The average molecular weight is 575 g/mol. The van der Waals surface area contributed by atoms with Crippen LogP contribution < -0.4 is 0 Å². The van der Waals surface area contributed by atoms with E-state index < -0.39 is 61.5 Å². The maximum atomic E-state index is 11.7. The second-order valence-electron chi connectivity index (χ2n) is 8.64. The van der Waals surface area contributed by atoms with Crippen LogP contribution in [0.15, 0.2) is 0 Å². The summed E-state index contributed by atoms with van der Waals surface area (Å²) >= 11 is 0. The van der Waals surface area contributed by atoms with E-state index in [0.717, 1.165) is 0 Å². The minimum Gasteiger partial charge on any atom is -0.285 e. The molecule has 4 unspecified atom stereocenters. The summed E-state index contributed by atoms with van der Waals surface area (Å²) in [6, 6.07) is 0. The van der Waals surface area contributed by atoms with E-state index >= 15 is 0 Å². The van der Waals surface area contributed by atoms with E-state index in [9.17, 15) is 42.8 Å². The van der Waals surface area contributed by atoms with Crippen LogP contribution in [0.1, 0.15) is 90.9 Å². The van der Waals surface area contributed by atoms with Gasteiger partial charge in [-0.2, -0.15) is 33.7 Å². The standard InChI is InChI=1S/C18H38O12S4/c1-3-16(32(22,23)24)10-5-4-6-11-17(33(25,26)27)13-8-14-18(34(28,29)30)12-7-9-15(2)31(19,20)21/h15-18H,3-14H2,1-2H3,(H,19,20,21)(H,22,23,24)(H,25,26,27)(H,28,29,30). The van der Waals surface area contributed by atoms with Gasteiger partial charge in [0.2, 0.25) is 0 Å². The van der Waals surface area contributed by atoms with Gasteiger partial charge in [0.1, 0.15) is 0 Å². The van der Waals surface area contributed by atoms with Gasteiger partial charge in [0, 0.05) is 0 Å². The molecule has 0 fully saturated rings. The number of hydrogen-bond donors (Lipinski definition) is 4. The summed E-state index contributed by atoms with van der Waals surface area (Å²) in [5.74, 6) is 0. The van der Waals surface area contributed by atoms with E-state index in [1.54, 1.807) is 6.92 Å². The third-order valence-corrected chi connectivity index (χ3v) is 11.3. The molecule has 34 heavy (non-hydrogen) atoms. The molecule has 0 aromatic rings. The highest BCUT2D eigenvalue weighted by molar-refractivity contribution is 7.87. The number of rotatable bonds is 19. The lowest BCUT2D eigenvalue weighted by molar-refractivity contribution is 0.430. The second-order valence-corrected chi connectivity index (χ2v) is 15.6. The van der Waals surface area contributed by atoms with Crippen LogP contribution in [0.2, 0.25) is 0 Å². The van der Waals surface area contributed by atoms with E-state index in [1.165, 1.54) is 6.92 Å². The predicted molar refractivity (Wildman–Crippen MR) is 128 cm³/mol. The molecule has 0 aromatic heterocycles. The Morgan fingerprint density at radius 2 is 0.794 bits per heavy atom. The summed E-state index contributed by atoms with van der Waals surface area (Å²) in [6.45, 7) is 2.89. The highest BCUT2D eigenvalue weighted by atomic mass is 32.2. The Morgan fingerprint density at radius 1 is 0.471 bits per heavy atom. The van der Waals surface area contributed by atoms with Gasteiger partial charge in [-0.25, -0.2) is 0 Å². The fourth-order valence-corrected chi connectivity index (χ4v) is 6.93. The Balaban J connectivity index is 4.73. The lowest BCUT2D eigenvalue weighted by Crippen LogP contribution is -2.24. The Labute approximate surface area is 203 Å². The first kappa shape index (κ1) is 33.6. The Hall–Kier alpha value is -0.360. The minimum absolute atomic E-state index is 0.0189. The molecule has 4 atom stereocenters. The maximum Gasteiger partial charge on any atom is 0.267 e. The van der Waals surface area contributed by atoms with E-state index in [4.69, 9.17) is 9.11 Å². The van der Waals surface area contributed by atoms with Crippen LogP contribution in [0.3, 0.4) is 0 Å². The molecule has 0 heterocycles. The fraction of sp³-hybridized carbons (Fsp3) is 1.00. The van der Waals surface area contributed by atoms with Crippen molar-refractivity contribution in [3.05, 3.63) is 0 Å². The maximum absolute atomic E-state index is 11.7. The fourth-order valence-electron chi connectivity index (χ4n) is 3.72. The van der Waals surface area contributed by atoms with Gasteiger partial charge in [-0.3, -0.25) is 18.2 Å². The molecule has 0 saturated carbocycles. The molecular formula is C18H38O12S4. The number of unbranched alkanes of at least 4 members (excludes halogenated alkanes) is 2. The summed E-state index contributed by atoms with van der Waals surface area (Å²) in [7, 11) is -17.3. The van der Waals surface area contributed by atoms with Gasteiger partial charge < -0.3 is 0 Å². The summed E-state index contributed by atoms with van der Waals surface area (Å²) in [4.78, 5) is 0. The first-order valence-electron chi connectivity index (χ1n) is 11.1. The van der Waals surface area contributed by atoms with Crippen molar-refractivity contribution in [3.8, 4) is 0 Å². The summed E-state index contributed by atoms with van der Waals surface area (Å²) in [6.07, 6.45) is 1.70. The Morgan fingerprint density at radius 3 is 1.12 bits per heavy atom. The molecule has 0 spiro atoms. The van der Waals surface area contributed by atoms with Crippen molar-refractivity contribution in [1.82, 2.24) is 0 Å². The molecule has 4 N–H and O–H groups in total. The minimum atomic E-state index is -4.47. The molecule has 0 bridgehead atoms. The molecule has 0 aliphatic carbocycles. The molecular weight excluding hydrogens is 536 g/mol. The van der Waals surface area contributed by atoms with Gasteiger partial charge in [-0.05, 0) is 51.9 Å². The largest absolute Gasteiger partial charge is 0.285 e. The summed E-state index contributed by atoms with van der Waals surface area (Å²) < 4.78 is 128. The second kappa shape index (κ2) is 14.4. The lowest BCUT2D eigenvalue weighted by Gasteiger charge is -2.17. The zero-order valence-corrected chi connectivity index (χ0v) is 22.7. The van der Waals surface area contributed by atoms with Gasteiger partial charge in [0.25, 0.3) is 40.5 Å². The van der Waals surface area contributed by atoms with Gasteiger partial charge in [-0.15, -0.1) is 0 Å². The smallest absolute Gasteiger partial charge is 0.267 e. The molecule has 0 saturated heterocycles. The third kappa shape index (κ3) is 14.3. The normalized spacial score (nSPS) is 17.2. The molecule has 0 rings (SSSR count). The van der Waals surface area contributed by atoms with Crippen molar-refractivity contribution >= 4 is 40.5 Å². The zero-order chi connectivity index (χ0) is 26.8. The zero-order valence-electron chi connectivity index (χ0n) is 19.5. The van der Waals surface area contributed by atoms with Gasteiger partial charge in [0.15, 0.2) is 0 Å². The van der Waals surface area contributed by atoms with Crippen molar-refractivity contribution in [2.75, 3.05) is 0 Å². The van der Waals surface area contributed by atoms with Crippen LogP contribution >= 0.6 is 0 Å². The van der Waals surface area contributed by atoms with Crippen molar-refractivity contribution < 1.29 is 51.9 Å². The van der Waals surface area contributed by atoms with Crippen LogP contribution in [0.25, 0.3) is 0 Å². The molecule has 206 valence electrons. The predicted octanol–water partition coefficient (Wildman–Crippen LogP) is 2.73. The lowest BCUT2D eigenvalue weighted by atomic mass is 10.0. The van der Waals surface area contributed by atoms with E-state index in [-0.39, 0.29) is 57.8 Å². The van der Waals surface area contributed by atoms with E-state index in [0.29, 0.717) is 19.3 Å². The topological polar surface area (TPSA) is 217 Å². The molecule has 0 aromatic carbocycles. The van der Waals surface area contributed by atoms with Crippen molar-refractivity contribution in [3.63, 3.8) is 0 Å². The Bertz CT molecular complexity index is 1020.